The lowest BCUT2D eigenvalue weighted by molar-refractivity contribution is 0.669. The Morgan fingerprint density at radius 3 is 2.15 bits per heavy atom. The molecule has 3 aromatic heterocycles. The number of para-hydroxylation sites is 1. The van der Waals surface area contributed by atoms with Crippen LogP contribution in [0.4, 0.5) is 0 Å². The summed E-state index contributed by atoms with van der Waals surface area (Å²) in [4.78, 5) is 18.8. The zero-order chi connectivity index (χ0) is 27.3. The maximum Gasteiger partial charge on any atom is 0.182 e. The maximum atomic E-state index is 6.22. The predicted molar refractivity (Wildman–Crippen MR) is 168 cm³/mol. The van der Waals surface area contributed by atoms with Gasteiger partial charge in [-0.2, -0.15) is 0 Å². The van der Waals surface area contributed by atoms with Gasteiger partial charge >= 0.3 is 0 Å². The first-order chi connectivity index (χ1) is 20.2. The minimum Gasteiger partial charge on any atom is -0.456 e. The van der Waals surface area contributed by atoms with E-state index in [0.29, 0.717) is 11.5 Å². The number of H-pyrrole nitrogens is 1. The Kier molecular flexibility index (Phi) is 5.53. The van der Waals surface area contributed by atoms with E-state index in [1.54, 1.807) is 0 Å². The number of halogens is 1. The zero-order valence-corrected chi connectivity index (χ0v) is 23.3. The molecule has 0 fully saturated rings. The third-order valence-electron chi connectivity index (χ3n) is 7.36. The normalized spacial score (nSPS) is 11.5. The summed E-state index contributed by atoms with van der Waals surface area (Å²) >= 11 is 3.67. The van der Waals surface area contributed by atoms with E-state index in [9.17, 15) is 0 Å². The summed E-state index contributed by atoms with van der Waals surface area (Å²) < 4.78 is 7.19. The predicted octanol–water partition coefficient (Wildman–Crippen LogP) is 9.68. The molecule has 5 aromatic carbocycles. The van der Waals surface area contributed by atoms with Crippen LogP contribution in [-0.4, -0.2) is 19.9 Å². The van der Waals surface area contributed by atoms with Crippen LogP contribution in [0.25, 0.3) is 78.3 Å². The monoisotopic (exact) mass is 592 g/mol. The highest BCUT2D eigenvalue weighted by Gasteiger charge is 2.21. The number of aromatic nitrogens is 4. The van der Waals surface area contributed by atoms with E-state index < -0.39 is 0 Å². The molecule has 0 spiro atoms. The molecular weight excluding hydrogens is 572 g/mol. The molecule has 194 valence electrons. The first-order valence-electron chi connectivity index (χ1n) is 13.3. The van der Waals surface area contributed by atoms with Gasteiger partial charge in [-0.25, -0.2) is 15.0 Å². The van der Waals surface area contributed by atoms with Crippen molar-refractivity contribution in [2.75, 3.05) is 0 Å². The third-order valence-corrected chi connectivity index (χ3v) is 7.86. The molecule has 0 saturated heterocycles. The summed E-state index contributed by atoms with van der Waals surface area (Å²) in [6.07, 6.45) is 0. The summed E-state index contributed by atoms with van der Waals surface area (Å²) in [5.74, 6) is 1.35. The highest BCUT2D eigenvalue weighted by Crippen LogP contribution is 2.40. The van der Waals surface area contributed by atoms with Crippen molar-refractivity contribution in [3.8, 4) is 45.2 Å². The largest absolute Gasteiger partial charge is 0.456 e. The lowest BCUT2D eigenvalue weighted by atomic mass is 9.99. The minimum absolute atomic E-state index is 0.604. The molecule has 8 rings (SSSR count). The van der Waals surface area contributed by atoms with Crippen LogP contribution in [0.3, 0.4) is 0 Å². The van der Waals surface area contributed by atoms with Gasteiger partial charge in [0.2, 0.25) is 0 Å². The first-order valence-corrected chi connectivity index (χ1v) is 14.1. The number of imidazole rings is 1. The Hall–Kier alpha value is -5.07. The topological polar surface area (TPSA) is 67.6 Å². The summed E-state index contributed by atoms with van der Waals surface area (Å²) in [5.41, 5.74) is 8.87. The molecule has 0 unspecified atom stereocenters. The van der Waals surface area contributed by atoms with Crippen molar-refractivity contribution in [1.82, 2.24) is 19.9 Å². The van der Waals surface area contributed by atoms with Crippen LogP contribution in [0.5, 0.6) is 0 Å². The van der Waals surface area contributed by atoms with Crippen molar-refractivity contribution in [1.29, 1.82) is 0 Å². The molecular formula is C35H21BrN4O. The molecule has 0 saturated carbocycles. The van der Waals surface area contributed by atoms with Gasteiger partial charge in [0.05, 0.1) is 0 Å². The maximum absolute atomic E-state index is 6.22. The van der Waals surface area contributed by atoms with E-state index in [2.05, 4.69) is 63.4 Å². The lowest BCUT2D eigenvalue weighted by Gasteiger charge is -2.09. The van der Waals surface area contributed by atoms with Gasteiger partial charge in [0.1, 0.15) is 28.2 Å². The van der Waals surface area contributed by atoms with Gasteiger partial charge in [0.25, 0.3) is 0 Å². The Bertz CT molecular complexity index is 2220. The van der Waals surface area contributed by atoms with E-state index in [-0.39, 0.29) is 0 Å². The van der Waals surface area contributed by atoms with Crippen molar-refractivity contribution in [2.45, 2.75) is 0 Å². The van der Waals surface area contributed by atoms with Gasteiger partial charge < -0.3 is 9.40 Å². The van der Waals surface area contributed by atoms with Crippen molar-refractivity contribution in [2.24, 2.45) is 0 Å². The highest BCUT2D eigenvalue weighted by atomic mass is 79.9. The van der Waals surface area contributed by atoms with Crippen LogP contribution in [0.15, 0.2) is 130 Å². The minimum atomic E-state index is 0.604. The summed E-state index contributed by atoms with van der Waals surface area (Å²) in [6.45, 7) is 0. The van der Waals surface area contributed by atoms with Gasteiger partial charge in [0, 0.05) is 31.9 Å². The molecule has 0 bridgehead atoms. The third kappa shape index (κ3) is 4.03. The molecule has 3 heterocycles. The van der Waals surface area contributed by atoms with Crippen LogP contribution < -0.4 is 0 Å². The average Bonchev–Trinajstić information content (AvgIpc) is 3.63. The Labute approximate surface area is 243 Å². The molecule has 0 atom stereocenters. The zero-order valence-electron chi connectivity index (χ0n) is 21.7. The second kappa shape index (κ2) is 9.54. The Morgan fingerprint density at radius 1 is 0.585 bits per heavy atom. The molecule has 0 amide bonds. The lowest BCUT2D eigenvalue weighted by Crippen LogP contribution is -1.95. The molecule has 0 aliphatic carbocycles. The number of hydrogen-bond acceptors (Lipinski definition) is 4. The second-order valence-corrected chi connectivity index (χ2v) is 10.8. The van der Waals surface area contributed by atoms with Crippen molar-refractivity contribution >= 4 is 49.0 Å². The molecule has 0 aliphatic rings. The summed E-state index contributed by atoms with van der Waals surface area (Å²) in [6, 6.07) is 40.8. The molecule has 5 nitrogen and oxygen atoms in total. The van der Waals surface area contributed by atoms with Gasteiger partial charge in [0.15, 0.2) is 11.5 Å². The van der Waals surface area contributed by atoms with Gasteiger partial charge in [-0.3, -0.25) is 0 Å². The van der Waals surface area contributed by atoms with Gasteiger partial charge in [-0.05, 0) is 35.4 Å². The number of nitrogens with zero attached hydrogens (tertiary/aromatic N) is 3. The van der Waals surface area contributed by atoms with Crippen LogP contribution in [0.1, 0.15) is 0 Å². The number of rotatable bonds is 4. The molecule has 0 aliphatic heterocycles. The van der Waals surface area contributed by atoms with E-state index in [4.69, 9.17) is 19.4 Å². The van der Waals surface area contributed by atoms with E-state index >= 15 is 0 Å². The highest BCUT2D eigenvalue weighted by molar-refractivity contribution is 9.10. The number of nitrogens with one attached hydrogen (secondary N) is 1. The standard InChI is InChI=1S/C35H21BrN4O/c36-23-18-19-24(21-10-3-1-4-11-21)27(20-23)34-38-32-31(37-33(39-35(32)40-34)22-12-5-2-6-13-22)26-15-9-17-29-30(26)25-14-7-8-16-28(25)41-29/h1-20H,(H,37,38,39,40). The van der Waals surface area contributed by atoms with E-state index in [1.807, 2.05) is 78.9 Å². The van der Waals surface area contributed by atoms with Crippen LogP contribution in [0, 0.1) is 0 Å². The number of benzene rings is 5. The smallest absolute Gasteiger partial charge is 0.182 e. The average molecular weight is 593 g/mol. The van der Waals surface area contributed by atoms with Crippen molar-refractivity contribution in [3.05, 3.63) is 126 Å². The van der Waals surface area contributed by atoms with Crippen LogP contribution in [0.2, 0.25) is 0 Å². The number of fused-ring (bicyclic) bond motifs is 4. The molecule has 1 N–H and O–H groups in total. The van der Waals surface area contributed by atoms with Gasteiger partial charge in [-0.1, -0.05) is 113 Å². The molecule has 41 heavy (non-hydrogen) atoms. The summed E-state index contributed by atoms with van der Waals surface area (Å²) in [7, 11) is 0. The Morgan fingerprint density at radius 2 is 1.32 bits per heavy atom. The Balaban J connectivity index is 1.43. The van der Waals surface area contributed by atoms with E-state index in [1.165, 1.54) is 0 Å². The number of aromatic amines is 1. The first kappa shape index (κ1) is 23.8. The fourth-order valence-electron chi connectivity index (χ4n) is 5.49. The second-order valence-electron chi connectivity index (χ2n) is 9.88. The van der Waals surface area contributed by atoms with E-state index in [0.717, 1.165) is 71.3 Å². The number of furan rings is 1. The van der Waals surface area contributed by atoms with Crippen molar-refractivity contribution in [3.63, 3.8) is 0 Å². The fourth-order valence-corrected chi connectivity index (χ4v) is 5.85. The molecule has 0 radical (unpaired) electrons. The SMILES string of the molecule is Brc1ccc(-c2ccccc2)c(-c2nc3nc(-c4ccccc4)nc(-c4cccc5oc6ccccc6c45)c3[nH]2)c1. The van der Waals surface area contributed by atoms with Crippen LogP contribution in [-0.2, 0) is 0 Å². The molecule has 8 aromatic rings. The number of hydrogen-bond donors (Lipinski definition) is 1. The quantitative estimate of drug-likeness (QED) is 0.221. The fraction of sp³-hybridized carbons (Fsp3) is 0. The van der Waals surface area contributed by atoms with Crippen LogP contribution >= 0.6 is 15.9 Å². The summed E-state index contributed by atoms with van der Waals surface area (Å²) in [5, 5.41) is 2.06. The van der Waals surface area contributed by atoms with Gasteiger partial charge in [-0.15, -0.1) is 0 Å². The molecule has 6 heteroatoms. The van der Waals surface area contributed by atoms with Crippen molar-refractivity contribution < 1.29 is 4.42 Å².